The fourth-order valence-corrected chi connectivity index (χ4v) is 1.25. The van der Waals surface area contributed by atoms with Crippen LogP contribution in [0.5, 0.6) is 0 Å². The van der Waals surface area contributed by atoms with Crippen LogP contribution in [0.4, 0.5) is 0 Å². The van der Waals surface area contributed by atoms with Gasteiger partial charge in [-0.3, -0.25) is 0 Å². The van der Waals surface area contributed by atoms with Crippen molar-refractivity contribution in [1.82, 2.24) is 5.32 Å². The second kappa shape index (κ2) is 5.17. The molecule has 2 heteroatoms. The smallest absolute Gasteiger partial charge is 0.0397 e. The SMILES string of the molecule is C=C(NCc1ccc(P)cc1)C(C)C. The minimum absolute atomic E-state index is 0.496. The van der Waals surface area contributed by atoms with Crippen LogP contribution < -0.4 is 10.6 Å². The van der Waals surface area contributed by atoms with Crippen molar-refractivity contribution >= 4 is 14.5 Å². The van der Waals surface area contributed by atoms with Crippen LogP contribution in [0.1, 0.15) is 19.4 Å². The summed E-state index contributed by atoms with van der Waals surface area (Å²) in [5, 5.41) is 4.54. The van der Waals surface area contributed by atoms with E-state index in [-0.39, 0.29) is 0 Å². The summed E-state index contributed by atoms with van der Waals surface area (Å²) in [6.45, 7) is 9.11. The lowest BCUT2D eigenvalue weighted by atomic mass is 10.1. The number of nitrogens with one attached hydrogen (secondary N) is 1. The predicted molar refractivity (Wildman–Crippen MR) is 66.6 cm³/mol. The molecule has 1 unspecified atom stereocenters. The zero-order chi connectivity index (χ0) is 10.6. The number of benzene rings is 1. The Morgan fingerprint density at radius 1 is 1.36 bits per heavy atom. The topological polar surface area (TPSA) is 12.0 Å². The molecular formula is C12H18NP. The van der Waals surface area contributed by atoms with Crippen LogP contribution in [0, 0.1) is 5.92 Å². The van der Waals surface area contributed by atoms with E-state index < -0.39 is 0 Å². The Morgan fingerprint density at radius 3 is 2.43 bits per heavy atom. The third kappa shape index (κ3) is 3.51. The van der Waals surface area contributed by atoms with E-state index in [1.54, 1.807) is 0 Å². The van der Waals surface area contributed by atoms with Crippen molar-refractivity contribution in [3.63, 3.8) is 0 Å². The average molecular weight is 207 g/mol. The molecule has 0 heterocycles. The van der Waals surface area contributed by atoms with Gasteiger partial charge in [-0.15, -0.1) is 9.24 Å². The normalized spacial score (nSPS) is 10.3. The molecule has 1 atom stereocenters. The fraction of sp³-hybridized carbons (Fsp3) is 0.333. The molecule has 1 N–H and O–H groups in total. The molecule has 0 aliphatic carbocycles. The number of rotatable bonds is 4. The van der Waals surface area contributed by atoms with E-state index in [4.69, 9.17) is 0 Å². The summed E-state index contributed by atoms with van der Waals surface area (Å²) in [6.07, 6.45) is 0. The van der Waals surface area contributed by atoms with Gasteiger partial charge in [0.25, 0.3) is 0 Å². The molecule has 14 heavy (non-hydrogen) atoms. The van der Waals surface area contributed by atoms with E-state index in [0.29, 0.717) is 5.92 Å². The highest BCUT2D eigenvalue weighted by Gasteiger charge is 1.98. The first-order chi connectivity index (χ1) is 6.59. The molecular weight excluding hydrogens is 189 g/mol. The fourth-order valence-electron chi connectivity index (χ4n) is 1.06. The first kappa shape index (κ1) is 11.3. The lowest BCUT2D eigenvalue weighted by Crippen LogP contribution is -2.15. The van der Waals surface area contributed by atoms with E-state index in [1.807, 2.05) is 0 Å². The van der Waals surface area contributed by atoms with E-state index in [1.165, 1.54) is 10.9 Å². The second-order valence-electron chi connectivity index (χ2n) is 3.78. The molecule has 76 valence electrons. The molecule has 0 spiro atoms. The van der Waals surface area contributed by atoms with E-state index in [9.17, 15) is 0 Å². The number of allylic oxidation sites excluding steroid dienone is 1. The van der Waals surface area contributed by atoms with Crippen molar-refractivity contribution in [2.75, 3.05) is 0 Å². The molecule has 0 fully saturated rings. The van der Waals surface area contributed by atoms with Crippen LogP contribution in [-0.4, -0.2) is 0 Å². The molecule has 1 aromatic rings. The standard InChI is InChI=1S/C12H18NP/c1-9(2)10(3)13-8-11-4-6-12(14)7-5-11/h4-7,9,13H,3,8,14H2,1-2H3. The van der Waals surface area contributed by atoms with Gasteiger partial charge in [0.2, 0.25) is 0 Å². The highest BCUT2D eigenvalue weighted by Crippen LogP contribution is 2.05. The zero-order valence-electron chi connectivity index (χ0n) is 8.88. The summed E-state index contributed by atoms with van der Waals surface area (Å²) in [7, 11) is 2.68. The minimum Gasteiger partial charge on any atom is -0.385 e. The Bertz CT molecular complexity index is 301. The van der Waals surface area contributed by atoms with Crippen molar-refractivity contribution in [1.29, 1.82) is 0 Å². The Balaban J connectivity index is 2.46. The van der Waals surface area contributed by atoms with Crippen molar-refractivity contribution in [2.24, 2.45) is 5.92 Å². The first-order valence-corrected chi connectivity index (χ1v) is 5.44. The van der Waals surface area contributed by atoms with Crippen molar-refractivity contribution in [3.05, 3.63) is 42.1 Å². The zero-order valence-corrected chi connectivity index (χ0v) is 10.0. The third-order valence-corrected chi connectivity index (χ3v) is 2.58. The van der Waals surface area contributed by atoms with Gasteiger partial charge in [0.1, 0.15) is 0 Å². The highest BCUT2D eigenvalue weighted by atomic mass is 31.0. The second-order valence-corrected chi connectivity index (χ2v) is 4.44. The summed E-state index contributed by atoms with van der Waals surface area (Å²) < 4.78 is 0. The lowest BCUT2D eigenvalue weighted by molar-refractivity contribution is 0.656. The van der Waals surface area contributed by atoms with Gasteiger partial charge >= 0.3 is 0 Å². The Kier molecular flexibility index (Phi) is 4.16. The largest absolute Gasteiger partial charge is 0.385 e. The molecule has 0 radical (unpaired) electrons. The van der Waals surface area contributed by atoms with Gasteiger partial charge < -0.3 is 5.32 Å². The summed E-state index contributed by atoms with van der Waals surface area (Å²) in [5.41, 5.74) is 2.39. The van der Waals surface area contributed by atoms with Crippen LogP contribution in [0.15, 0.2) is 36.5 Å². The monoisotopic (exact) mass is 207 g/mol. The molecule has 1 rings (SSSR count). The molecule has 0 bridgehead atoms. The van der Waals surface area contributed by atoms with Gasteiger partial charge in [-0.1, -0.05) is 44.7 Å². The molecule has 0 aromatic heterocycles. The van der Waals surface area contributed by atoms with Gasteiger partial charge in [-0.25, -0.2) is 0 Å². The van der Waals surface area contributed by atoms with E-state index in [2.05, 4.69) is 59.2 Å². The molecule has 0 aliphatic heterocycles. The van der Waals surface area contributed by atoms with Gasteiger partial charge in [-0.05, 0) is 16.8 Å². The summed E-state index contributed by atoms with van der Waals surface area (Å²) in [6, 6.07) is 8.45. The minimum atomic E-state index is 0.496. The van der Waals surface area contributed by atoms with Crippen molar-refractivity contribution in [2.45, 2.75) is 20.4 Å². The summed E-state index contributed by atoms with van der Waals surface area (Å²) in [5.74, 6) is 0.496. The number of hydrogen-bond acceptors (Lipinski definition) is 1. The van der Waals surface area contributed by atoms with Gasteiger partial charge in [0, 0.05) is 12.2 Å². The molecule has 0 saturated heterocycles. The number of hydrogen-bond donors (Lipinski definition) is 1. The van der Waals surface area contributed by atoms with Gasteiger partial charge in [-0.2, -0.15) is 0 Å². The maximum atomic E-state index is 3.97. The van der Waals surface area contributed by atoms with Crippen LogP contribution >= 0.6 is 9.24 Å². The van der Waals surface area contributed by atoms with Crippen LogP contribution in [0.3, 0.4) is 0 Å². The molecule has 1 nitrogen and oxygen atoms in total. The van der Waals surface area contributed by atoms with E-state index >= 15 is 0 Å². The van der Waals surface area contributed by atoms with Crippen LogP contribution in [0.25, 0.3) is 0 Å². The average Bonchev–Trinajstić information content (AvgIpc) is 2.16. The molecule has 1 aromatic carbocycles. The molecule has 0 amide bonds. The van der Waals surface area contributed by atoms with Crippen LogP contribution in [0.2, 0.25) is 0 Å². The maximum Gasteiger partial charge on any atom is 0.0397 e. The summed E-state index contributed by atoms with van der Waals surface area (Å²) in [4.78, 5) is 0. The third-order valence-electron chi connectivity index (χ3n) is 2.20. The van der Waals surface area contributed by atoms with Crippen LogP contribution in [-0.2, 0) is 6.54 Å². The van der Waals surface area contributed by atoms with E-state index in [0.717, 1.165) is 12.2 Å². The van der Waals surface area contributed by atoms with Gasteiger partial charge in [0.05, 0.1) is 0 Å². The lowest BCUT2D eigenvalue weighted by Gasteiger charge is -2.12. The van der Waals surface area contributed by atoms with Crippen molar-refractivity contribution < 1.29 is 0 Å². The summed E-state index contributed by atoms with van der Waals surface area (Å²) >= 11 is 0. The Hall–Kier alpha value is -0.810. The van der Waals surface area contributed by atoms with Crippen molar-refractivity contribution in [3.8, 4) is 0 Å². The highest BCUT2D eigenvalue weighted by molar-refractivity contribution is 7.27. The quantitative estimate of drug-likeness (QED) is 0.748. The maximum absolute atomic E-state index is 3.97. The predicted octanol–water partition coefficient (Wildman–Crippen LogP) is 2.45. The van der Waals surface area contributed by atoms with Gasteiger partial charge in [0.15, 0.2) is 0 Å². The Labute approximate surface area is 88.8 Å². The first-order valence-electron chi connectivity index (χ1n) is 4.86. The Morgan fingerprint density at radius 2 is 1.93 bits per heavy atom. The molecule has 0 aliphatic rings. The molecule has 0 saturated carbocycles.